The van der Waals surface area contributed by atoms with Crippen LogP contribution in [0.4, 0.5) is 11.6 Å². The van der Waals surface area contributed by atoms with E-state index >= 15 is 0 Å². The van der Waals surface area contributed by atoms with Crippen LogP contribution in [0.15, 0.2) is 11.2 Å². The van der Waals surface area contributed by atoms with E-state index in [0.29, 0.717) is 11.7 Å². The number of likely N-dealkylation sites (N-methyl/N-ethyl adjacent to an activating group) is 2. The Kier molecular flexibility index (Phi) is 6.57. The highest BCUT2D eigenvalue weighted by Gasteiger charge is 2.12. The molecule has 0 aliphatic rings. The summed E-state index contributed by atoms with van der Waals surface area (Å²) in [7, 11) is 5.35. The van der Waals surface area contributed by atoms with E-state index in [1.54, 1.807) is 19.0 Å². The second-order valence-corrected chi connectivity index (χ2v) is 5.44. The van der Waals surface area contributed by atoms with Crippen molar-refractivity contribution < 1.29 is 4.79 Å². The van der Waals surface area contributed by atoms with E-state index in [4.69, 9.17) is 0 Å². The number of carbonyl (C=O) groups is 1. The lowest BCUT2D eigenvalue weighted by atomic mass is 10.4. The molecule has 20 heavy (non-hydrogen) atoms. The van der Waals surface area contributed by atoms with Crippen LogP contribution in [0.3, 0.4) is 0 Å². The molecule has 0 spiro atoms. The molecule has 0 radical (unpaired) electrons. The molecular weight excluding hydrogens is 274 g/mol. The highest BCUT2D eigenvalue weighted by Crippen LogP contribution is 2.19. The zero-order valence-electron chi connectivity index (χ0n) is 12.8. The molecule has 0 aliphatic carbocycles. The number of carbonyl (C=O) groups excluding carboxylic acids is 1. The van der Waals surface area contributed by atoms with Crippen LogP contribution in [-0.2, 0) is 4.79 Å². The summed E-state index contributed by atoms with van der Waals surface area (Å²) in [4.78, 5) is 24.0. The van der Waals surface area contributed by atoms with E-state index in [2.05, 4.69) is 22.2 Å². The standard InChI is InChI=1S/C13H23N5OS/c1-6-7-14-10-8-11(16-13(15-10)20-5)18(4)9-12(19)17(2)3/h8H,6-7,9H2,1-5H3,(H,14,15,16). The molecule has 7 heteroatoms. The van der Waals surface area contributed by atoms with Gasteiger partial charge >= 0.3 is 0 Å². The Labute approximate surface area is 125 Å². The molecule has 0 bridgehead atoms. The summed E-state index contributed by atoms with van der Waals surface area (Å²) in [6.45, 7) is 3.27. The second kappa shape index (κ2) is 7.94. The average Bonchev–Trinajstić information content (AvgIpc) is 2.44. The highest BCUT2D eigenvalue weighted by molar-refractivity contribution is 7.98. The van der Waals surface area contributed by atoms with E-state index in [1.807, 2.05) is 24.3 Å². The predicted molar refractivity (Wildman–Crippen MR) is 84.6 cm³/mol. The molecular formula is C13H23N5OS. The first kappa shape index (κ1) is 16.6. The maximum Gasteiger partial charge on any atom is 0.241 e. The van der Waals surface area contributed by atoms with Crippen molar-refractivity contribution in [1.82, 2.24) is 14.9 Å². The maximum absolute atomic E-state index is 11.8. The van der Waals surface area contributed by atoms with E-state index in [9.17, 15) is 4.79 Å². The molecule has 1 aromatic rings. The van der Waals surface area contributed by atoms with Crippen LogP contribution in [0, 0.1) is 0 Å². The van der Waals surface area contributed by atoms with Gasteiger partial charge in [0.2, 0.25) is 5.91 Å². The molecule has 6 nitrogen and oxygen atoms in total. The van der Waals surface area contributed by atoms with Crippen LogP contribution in [0.2, 0.25) is 0 Å². The largest absolute Gasteiger partial charge is 0.370 e. The van der Waals surface area contributed by atoms with Crippen molar-refractivity contribution >= 4 is 29.3 Å². The van der Waals surface area contributed by atoms with E-state index in [0.717, 1.165) is 24.6 Å². The zero-order chi connectivity index (χ0) is 15.1. The smallest absolute Gasteiger partial charge is 0.241 e. The van der Waals surface area contributed by atoms with Gasteiger partial charge in [-0.15, -0.1) is 0 Å². The number of anilines is 2. The molecule has 112 valence electrons. The summed E-state index contributed by atoms with van der Waals surface area (Å²) in [5.74, 6) is 1.59. The highest BCUT2D eigenvalue weighted by atomic mass is 32.2. The van der Waals surface area contributed by atoms with Gasteiger partial charge in [-0.2, -0.15) is 0 Å². The Hall–Kier alpha value is -1.50. The summed E-state index contributed by atoms with van der Waals surface area (Å²) in [5.41, 5.74) is 0. The van der Waals surface area contributed by atoms with Crippen molar-refractivity contribution in [2.45, 2.75) is 18.5 Å². The SMILES string of the molecule is CCCNc1cc(N(C)CC(=O)N(C)C)nc(SC)n1. The lowest BCUT2D eigenvalue weighted by Gasteiger charge is -2.21. The van der Waals surface area contributed by atoms with E-state index in [1.165, 1.54) is 11.8 Å². The fraction of sp³-hybridized carbons (Fsp3) is 0.615. The van der Waals surface area contributed by atoms with Gasteiger partial charge in [-0.25, -0.2) is 9.97 Å². The topological polar surface area (TPSA) is 61.4 Å². The van der Waals surface area contributed by atoms with Gasteiger partial charge < -0.3 is 15.1 Å². The molecule has 1 rings (SSSR count). The average molecular weight is 297 g/mol. The normalized spacial score (nSPS) is 10.2. The van der Waals surface area contributed by atoms with Gasteiger partial charge in [-0.05, 0) is 12.7 Å². The molecule has 0 aromatic carbocycles. The van der Waals surface area contributed by atoms with Crippen LogP contribution >= 0.6 is 11.8 Å². The third-order valence-electron chi connectivity index (χ3n) is 2.69. The molecule has 0 saturated carbocycles. The minimum atomic E-state index is 0.0416. The van der Waals surface area contributed by atoms with Crippen LogP contribution in [-0.4, -0.2) is 61.3 Å². The first-order chi connectivity index (χ1) is 9.47. The lowest BCUT2D eigenvalue weighted by Crippen LogP contribution is -2.34. The van der Waals surface area contributed by atoms with Gasteiger partial charge in [0.15, 0.2) is 5.16 Å². The molecule has 1 heterocycles. The molecule has 1 N–H and O–H groups in total. The Morgan fingerprint density at radius 3 is 2.60 bits per heavy atom. The van der Waals surface area contributed by atoms with Crippen LogP contribution in [0.1, 0.15) is 13.3 Å². The third-order valence-corrected chi connectivity index (χ3v) is 3.24. The van der Waals surface area contributed by atoms with Crippen molar-refractivity contribution in [1.29, 1.82) is 0 Å². The molecule has 0 aliphatic heterocycles. The Morgan fingerprint density at radius 2 is 2.05 bits per heavy atom. The molecule has 1 aromatic heterocycles. The van der Waals surface area contributed by atoms with Gasteiger partial charge in [0.25, 0.3) is 0 Å². The Bertz CT molecular complexity index is 452. The Balaban J connectivity index is 2.89. The van der Waals surface area contributed by atoms with Gasteiger partial charge in [0, 0.05) is 33.8 Å². The fourth-order valence-corrected chi connectivity index (χ4v) is 1.84. The second-order valence-electron chi connectivity index (χ2n) is 4.67. The minimum Gasteiger partial charge on any atom is -0.370 e. The van der Waals surface area contributed by atoms with Crippen molar-refractivity contribution in [2.75, 3.05) is 50.7 Å². The van der Waals surface area contributed by atoms with E-state index in [-0.39, 0.29) is 5.91 Å². The first-order valence-electron chi connectivity index (χ1n) is 6.56. The van der Waals surface area contributed by atoms with Crippen molar-refractivity contribution in [3.8, 4) is 0 Å². The Morgan fingerprint density at radius 1 is 1.35 bits per heavy atom. The number of aromatic nitrogens is 2. The number of amides is 1. The van der Waals surface area contributed by atoms with Gasteiger partial charge in [0.05, 0.1) is 6.54 Å². The number of hydrogen-bond acceptors (Lipinski definition) is 6. The van der Waals surface area contributed by atoms with E-state index < -0.39 is 0 Å². The molecule has 0 fully saturated rings. The van der Waals surface area contributed by atoms with Crippen LogP contribution in [0.25, 0.3) is 0 Å². The number of nitrogens with one attached hydrogen (secondary N) is 1. The predicted octanol–water partition coefficient (Wildman–Crippen LogP) is 1.54. The quantitative estimate of drug-likeness (QED) is 0.608. The number of hydrogen-bond donors (Lipinski definition) is 1. The molecule has 0 atom stereocenters. The summed E-state index contributed by atoms with van der Waals surface area (Å²) in [6, 6.07) is 1.87. The molecule has 0 unspecified atom stereocenters. The minimum absolute atomic E-state index is 0.0416. The van der Waals surface area contributed by atoms with Gasteiger partial charge in [0.1, 0.15) is 11.6 Å². The first-order valence-corrected chi connectivity index (χ1v) is 7.78. The van der Waals surface area contributed by atoms with Gasteiger partial charge in [-0.1, -0.05) is 18.7 Å². The van der Waals surface area contributed by atoms with Gasteiger partial charge in [-0.3, -0.25) is 4.79 Å². The number of nitrogens with zero attached hydrogens (tertiary/aromatic N) is 4. The molecule has 0 saturated heterocycles. The van der Waals surface area contributed by atoms with Crippen LogP contribution in [0.5, 0.6) is 0 Å². The maximum atomic E-state index is 11.8. The summed E-state index contributed by atoms with van der Waals surface area (Å²) in [5, 5.41) is 3.95. The van der Waals surface area contributed by atoms with Crippen molar-refractivity contribution in [3.63, 3.8) is 0 Å². The number of thioether (sulfide) groups is 1. The number of rotatable bonds is 7. The van der Waals surface area contributed by atoms with Crippen LogP contribution < -0.4 is 10.2 Å². The zero-order valence-corrected chi connectivity index (χ0v) is 13.6. The fourth-order valence-electron chi connectivity index (χ4n) is 1.47. The monoisotopic (exact) mass is 297 g/mol. The molecule has 1 amide bonds. The summed E-state index contributed by atoms with van der Waals surface area (Å²) < 4.78 is 0. The van der Waals surface area contributed by atoms with Crippen molar-refractivity contribution in [2.24, 2.45) is 0 Å². The summed E-state index contributed by atoms with van der Waals surface area (Å²) >= 11 is 1.49. The lowest BCUT2D eigenvalue weighted by molar-refractivity contribution is -0.127. The third kappa shape index (κ3) is 4.88. The summed E-state index contributed by atoms with van der Waals surface area (Å²) in [6.07, 6.45) is 2.97. The van der Waals surface area contributed by atoms with Crippen molar-refractivity contribution in [3.05, 3.63) is 6.07 Å².